The van der Waals surface area contributed by atoms with Gasteiger partial charge in [-0.05, 0) is 124 Å². The van der Waals surface area contributed by atoms with Gasteiger partial charge in [0.15, 0.2) is 10.8 Å². The minimum absolute atomic E-state index is 0. The molecule has 5 N–H and O–H groups in total. The Morgan fingerprint density at radius 1 is 0.839 bits per heavy atom. The molecular formula is C42H42B2ClF9N2O6. The van der Waals surface area contributed by atoms with Gasteiger partial charge < -0.3 is 30.3 Å². The highest BCUT2D eigenvalue weighted by Crippen LogP contribution is 2.41. The number of rotatable bonds is 5. The first-order chi connectivity index (χ1) is 27.8. The van der Waals surface area contributed by atoms with E-state index < -0.39 is 64.7 Å². The standard InChI is InChI=1S/C21H21BF3NO3.C11H8F6.C10H11BClNO2.H2O/c1-12-7-14(10-15(8-12)21(23,24)25)20(4)11-18(26-29-20)13-5-6-17-16(9-13)19(2,3)28-22(17)27;1-6-3-8(7(2)10(12,13)14)5-9(4-6)11(15,16)17;1-10(2,14)7-5-6(9(12)13-15)3-4-8(7)11;/h5-10,27H,11H2,1-4H3;3-5H,2H2,1H3;3-5,14-15H,1-2H3;1H2. The lowest BCUT2D eigenvalue weighted by Gasteiger charge is -2.24. The summed E-state index contributed by atoms with van der Waals surface area (Å²) in [5, 5.41) is 35.4. The van der Waals surface area contributed by atoms with Gasteiger partial charge in [-0.25, -0.2) is 0 Å². The fraction of sp³-hybridized carbons (Fsp3) is 0.333. The van der Waals surface area contributed by atoms with Gasteiger partial charge in [-0.15, -0.1) is 0 Å². The summed E-state index contributed by atoms with van der Waals surface area (Å²) in [6, 6.07) is 16.5. The Bertz CT molecular complexity index is 2360. The number of aliphatic hydroxyl groups is 1. The lowest BCUT2D eigenvalue weighted by atomic mass is 9.77. The first-order valence-corrected chi connectivity index (χ1v) is 18.6. The molecule has 0 aliphatic carbocycles. The maximum Gasteiger partial charge on any atom is 0.492 e. The molecule has 1 unspecified atom stereocenters. The van der Waals surface area contributed by atoms with Gasteiger partial charge in [-0.1, -0.05) is 75.9 Å². The Balaban J connectivity index is 0.000000267. The van der Waals surface area contributed by atoms with Gasteiger partial charge in [0.2, 0.25) is 0 Å². The number of aryl methyl sites for hydroxylation is 2. The van der Waals surface area contributed by atoms with Crippen molar-refractivity contribution in [3.8, 4) is 0 Å². The average molecular weight is 899 g/mol. The Hall–Kier alpha value is -4.81. The highest BCUT2D eigenvalue weighted by atomic mass is 35.5. The minimum atomic E-state index is -4.74. The number of benzene rings is 4. The molecule has 6 rings (SSSR count). The molecule has 1 atom stereocenters. The molecule has 2 heterocycles. The molecular weight excluding hydrogens is 857 g/mol. The molecule has 0 saturated carbocycles. The van der Waals surface area contributed by atoms with Crippen LogP contribution in [0.4, 0.5) is 39.5 Å². The number of halogens is 10. The Labute approximate surface area is 358 Å². The molecule has 0 spiro atoms. The summed E-state index contributed by atoms with van der Waals surface area (Å²) >= 11 is 5.64. The monoisotopic (exact) mass is 898 g/mol. The van der Waals surface area contributed by atoms with E-state index in [1.165, 1.54) is 6.92 Å². The summed E-state index contributed by atoms with van der Waals surface area (Å²) in [7, 11) is 4.73. The molecule has 0 fully saturated rings. The topological polar surface area (TPSA) is 135 Å². The SMILES string of the molecule is C=C(c1cc(C)cc(C(F)(F)F)c1)C(F)(F)F.Cc1cc(C(F)(F)F)cc(C2(C)CC(c3ccc4c(c3)C(C)(C)OB4O)=NO2)c1.O.[B]c1ccc(C(Cl)=NO)cc1C(C)(C)O. The predicted molar refractivity (Wildman–Crippen MR) is 220 cm³/mol. The fourth-order valence-corrected chi connectivity index (χ4v) is 6.65. The van der Waals surface area contributed by atoms with Crippen molar-refractivity contribution < 1.29 is 69.8 Å². The van der Waals surface area contributed by atoms with Crippen molar-refractivity contribution in [1.82, 2.24) is 0 Å². The summed E-state index contributed by atoms with van der Waals surface area (Å²) in [5.74, 6) is 0. The summed E-state index contributed by atoms with van der Waals surface area (Å²) in [6.07, 6.45) is -13.5. The van der Waals surface area contributed by atoms with Crippen LogP contribution in [0.25, 0.3) is 5.57 Å². The highest BCUT2D eigenvalue weighted by Gasteiger charge is 2.43. The van der Waals surface area contributed by atoms with Gasteiger partial charge in [-0.2, -0.15) is 39.5 Å². The summed E-state index contributed by atoms with van der Waals surface area (Å²) in [6.45, 7) is 14.4. The van der Waals surface area contributed by atoms with Crippen LogP contribution in [-0.2, 0) is 38.6 Å². The third-order valence-corrected chi connectivity index (χ3v) is 10.0. The second kappa shape index (κ2) is 18.5. The number of hydrogen-bond acceptors (Lipinski definition) is 7. The summed E-state index contributed by atoms with van der Waals surface area (Å²) < 4.78 is 119. The molecule has 8 nitrogen and oxygen atoms in total. The van der Waals surface area contributed by atoms with Crippen LogP contribution in [0.3, 0.4) is 0 Å². The van der Waals surface area contributed by atoms with E-state index in [1.807, 2.05) is 26.0 Å². The van der Waals surface area contributed by atoms with Crippen LogP contribution in [0, 0.1) is 13.8 Å². The molecule has 0 aromatic heterocycles. The van der Waals surface area contributed by atoms with Crippen molar-refractivity contribution in [2.24, 2.45) is 10.3 Å². The number of allylic oxidation sites excluding steroid dienone is 1. The molecule has 4 aromatic carbocycles. The van der Waals surface area contributed by atoms with Crippen LogP contribution >= 0.6 is 11.6 Å². The van der Waals surface area contributed by atoms with E-state index in [0.29, 0.717) is 51.4 Å². The summed E-state index contributed by atoms with van der Waals surface area (Å²) in [5.41, 5.74) is -0.813. The molecule has 332 valence electrons. The van der Waals surface area contributed by atoms with E-state index in [4.69, 9.17) is 34.1 Å². The number of hydrogen-bond donors (Lipinski definition) is 3. The zero-order chi connectivity index (χ0) is 46.3. The molecule has 0 amide bonds. The van der Waals surface area contributed by atoms with Crippen molar-refractivity contribution in [3.63, 3.8) is 0 Å². The normalized spacial score (nSPS) is 17.4. The molecule has 4 aromatic rings. The number of oxime groups is 2. The second-order valence-electron chi connectivity index (χ2n) is 15.7. The fourth-order valence-electron chi connectivity index (χ4n) is 6.54. The summed E-state index contributed by atoms with van der Waals surface area (Å²) in [4.78, 5) is 5.65. The third-order valence-electron chi connectivity index (χ3n) is 9.72. The van der Waals surface area contributed by atoms with E-state index in [-0.39, 0.29) is 16.2 Å². The van der Waals surface area contributed by atoms with E-state index in [9.17, 15) is 49.6 Å². The molecule has 0 bridgehead atoms. The lowest BCUT2D eigenvalue weighted by molar-refractivity contribution is -0.138. The van der Waals surface area contributed by atoms with Crippen molar-refractivity contribution >= 4 is 53.9 Å². The second-order valence-corrected chi connectivity index (χ2v) is 16.1. The third kappa shape index (κ3) is 12.2. The van der Waals surface area contributed by atoms with Crippen LogP contribution in [0.5, 0.6) is 0 Å². The van der Waals surface area contributed by atoms with Crippen LogP contribution in [0.15, 0.2) is 89.7 Å². The van der Waals surface area contributed by atoms with Crippen LogP contribution in [-0.4, -0.2) is 52.8 Å². The van der Waals surface area contributed by atoms with Crippen molar-refractivity contribution in [3.05, 3.63) is 135 Å². The van der Waals surface area contributed by atoms with E-state index >= 15 is 0 Å². The van der Waals surface area contributed by atoms with E-state index in [1.54, 1.807) is 58.0 Å². The van der Waals surface area contributed by atoms with Crippen LogP contribution < -0.4 is 10.9 Å². The van der Waals surface area contributed by atoms with E-state index in [0.717, 1.165) is 35.4 Å². The van der Waals surface area contributed by atoms with Crippen molar-refractivity contribution in [1.29, 1.82) is 0 Å². The maximum absolute atomic E-state index is 13.2. The Morgan fingerprint density at radius 3 is 1.94 bits per heavy atom. The van der Waals surface area contributed by atoms with Gasteiger partial charge in [0, 0.05) is 12.0 Å². The number of alkyl halides is 9. The molecule has 2 aliphatic heterocycles. The lowest BCUT2D eigenvalue weighted by Crippen LogP contribution is -2.28. The predicted octanol–water partition coefficient (Wildman–Crippen LogP) is 8.85. The zero-order valence-electron chi connectivity index (χ0n) is 34.3. The van der Waals surface area contributed by atoms with Gasteiger partial charge >= 0.3 is 25.6 Å². The molecule has 0 saturated heterocycles. The van der Waals surface area contributed by atoms with Crippen molar-refractivity contribution in [2.45, 2.75) is 90.2 Å². The molecule has 2 aliphatic rings. The number of nitrogens with zero attached hydrogens (tertiary/aromatic N) is 2. The van der Waals surface area contributed by atoms with Gasteiger partial charge in [-0.3, -0.25) is 0 Å². The zero-order valence-corrected chi connectivity index (χ0v) is 35.1. The average Bonchev–Trinajstić information content (AvgIpc) is 3.65. The molecule has 2 radical (unpaired) electrons. The Kier molecular flexibility index (Phi) is 15.4. The Morgan fingerprint density at radius 2 is 1.40 bits per heavy atom. The maximum atomic E-state index is 13.2. The molecule has 62 heavy (non-hydrogen) atoms. The van der Waals surface area contributed by atoms with Crippen molar-refractivity contribution in [2.75, 3.05) is 0 Å². The van der Waals surface area contributed by atoms with Gasteiger partial charge in [0.05, 0.1) is 33.6 Å². The van der Waals surface area contributed by atoms with E-state index in [2.05, 4.69) is 16.9 Å². The first-order valence-electron chi connectivity index (χ1n) is 18.2. The largest absolute Gasteiger partial charge is 0.492 e. The number of fused-ring (bicyclic) bond motifs is 1. The smallest absolute Gasteiger partial charge is 0.423 e. The minimum Gasteiger partial charge on any atom is -0.423 e. The first kappa shape index (κ1) is 51.5. The molecule has 20 heteroatoms. The van der Waals surface area contributed by atoms with Crippen LogP contribution in [0.1, 0.15) is 96.7 Å². The van der Waals surface area contributed by atoms with Gasteiger partial charge in [0.1, 0.15) is 7.85 Å². The van der Waals surface area contributed by atoms with Gasteiger partial charge in [0.25, 0.3) is 0 Å². The van der Waals surface area contributed by atoms with Crippen LogP contribution in [0.2, 0.25) is 0 Å². The highest BCUT2D eigenvalue weighted by molar-refractivity contribution is 6.69. The quantitative estimate of drug-likeness (QED) is 0.0605.